The Morgan fingerprint density at radius 1 is 0.760 bits per heavy atom. The maximum absolute atomic E-state index is 13.2. The Bertz CT molecular complexity index is 986. The van der Waals surface area contributed by atoms with Crippen LogP contribution in [0.5, 0.6) is 0 Å². The van der Waals surface area contributed by atoms with Gasteiger partial charge in [-0.05, 0) is 36.4 Å². The molecular weight excluding hydrogens is 338 g/mol. The highest BCUT2D eigenvalue weighted by molar-refractivity contribution is 7.93. The van der Waals surface area contributed by atoms with Gasteiger partial charge in [0.25, 0.3) is 10.0 Å². The molecule has 0 aliphatic carbocycles. The molecule has 126 valence electrons. The number of para-hydroxylation sites is 2. The van der Waals surface area contributed by atoms with Gasteiger partial charge in [-0.15, -0.1) is 0 Å². The smallest absolute Gasteiger partial charge is 0.337 e. The minimum Gasteiger partial charge on any atom is -0.478 e. The molecule has 3 aromatic rings. The summed E-state index contributed by atoms with van der Waals surface area (Å²) < 4.78 is 27.5. The Morgan fingerprint density at radius 2 is 1.28 bits per heavy atom. The molecule has 0 aromatic heterocycles. The summed E-state index contributed by atoms with van der Waals surface area (Å²) in [6.45, 7) is 0. The van der Waals surface area contributed by atoms with Crippen LogP contribution < -0.4 is 4.31 Å². The predicted octanol–water partition coefficient (Wildman–Crippen LogP) is 3.91. The third-order valence-electron chi connectivity index (χ3n) is 3.63. The topological polar surface area (TPSA) is 74.7 Å². The van der Waals surface area contributed by atoms with Gasteiger partial charge < -0.3 is 5.11 Å². The Hall–Kier alpha value is -3.12. The van der Waals surface area contributed by atoms with Gasteiger partial charge in [0.2, 0.25) is 0 Å². The molecule has 1 N–H and O–H groups in total. The van der Waals surface area contributed by atoms with Crippen molar-refractivity contribution >= 4 is 27.4 Å². The summed E-state index contributed by atoms with van der Waals surface area (Å²) in [4.78, 5) is 11.7. The van der Waals surface area contributed by atoms with Gasteiger partial charge in [0, 0.05) is 0 Å². The summed E-state index contributed by atoms with van der Waals surface area (Å²) in [5, 5.41) is 9.48. The number of rotatable bonds is 5. The maximum Gasteiger partial charge on any atom is 0.337 e. The van der Waals surface area contributed by atoms with Crippen LogP contribution in [-0.4, -0.2) is 19.5 Å². The number of carboxylic acid groups (broad SMARTS) is 1. The van der Waals surface area contributed by atoms with Gasteiger partial charge in [-0.2, -0.15) is 0 Å². The highest BCUT2D eigenvalue weighted by atomic mass is 32.2. The zero-order chi connectivity index (χ0) is 17.9. The Labute approximate surface area is 145 Å². The average molecular weight is 353 g/mol. The molecule has 0 fully saturated rings. The van der Waals surface area contributed by atoms with E-state index in [1.54, 1.807) is 60.7 Å². The van der Waals surface area contributed by atoms with Crippen LogP contribution in [0, 0.1) is 0 Å². The van der Waals surface area contributed by atoms with Gasteiger partial charge in [-0.3, -0.25) is 0 Å². The number of carbonyl (C=O) groups is 1. The number of hydrogen-bond acceptors (Lipinski definition) is 3. The predicted molar refractivity (Wildman–Crippen MR) is 95.6 cm³/mol. The molecule has 0 heterocycles. The minimum absolute atomic E-state index is 0.0824. The Balaban J connectivity index is 2.28. The molecule has 0 radical (unpaired) electrons. The molecule has 0 atom stereocenters. The molecule has 0 aliphatic heterocycles. The summed E-state index contributed by atoms with van der Waals surface area (Å²) in [6.07, 6.45) is 0. The van der Waals surface area contributed by atoms with E-state index in [0.29, 0.717) is 5.69 Å². The second-order valence-corrected chi connectivity index (χ2v) is 7.03. The van der Waals surface area contributed by atoms with Crippen molar-refractivity contribution in [1.29, 1.82) is 0 Å². The normalized spacial score (nSPS) is 11.0. The molecule has 0 unspecified atom stereocenters. The molecular formula is C19H15NO4S. The van der Waals surface area contributed by atoms with Crippen LogP contribution in [0.1, 0.15) is 10.4 Å². The van der Waals surface area contributed by atoms with Crippen molar-refractivity contribution in [2.45, 2.75) is 4.90 Å². The van der Waals surface area contributed by atoms with E-state index >= 15 is 0 Å². The van der Waals surface area contributed by atoms with Gasteiger partial charge in [-0.25, -0.2) is 17.5 Å². The van der Waals surface area contributed by atoms with Crippen LogP contribution in [0.4, 0.5) is 11.4 Å². The molecule has 0 saturated carbocycles. The maximum atomic E-state index is 13.2. The van der Waals surface area contributed by atoms with E-state index in [1.807, 2.05) is 0 Å². The first-order valence-electron chi connectivity index (χ1n) is 7.49. The molecule has 0 bridgehead atoms. The fourth-order valence-electron chi connectivity index (χ4n) is 2.50. The molecule has 0 saturated heterocycles. The first-order chi connectivity index (χ1) is 12.0. The lowest BCUT2D eigenvalue weighted by Crippen LogP contribution is -2.27. The quantitative estimate of drug-likeness (QED) is 0.754. The van der Waals surface area contributed by atoms with Gasteiger partial charge in [-0.1, -0.05) is 48.5 Å². The van der Waals surface area contributed by atoms with E-state index < -0.39 is 16.0 Å². The van der Waals surface area contributed by atoms with E-state index in [9.17, 15) is 18.3 Å². The minimum atomic E-state index is -3.99. The largest absolute Gasteiger partial charge is 0.478 e. The highest BCUT2D eigenvalue weighted by Gasteiger charge is 2.29. The zero-order valence-corrected chi connectivity index (χ0v) is 13.9. The molecule has 3 rings (SSSR count). The molecule has 6 heteroatoms. The summed E-state index contributed by atoms with van der Waals surface area (Å²) in [6, 6.07) is 22.4. The lowest BCUT2D eigenvalue weighted by atomic mass is 10.1. The fourth-order valence-corrected chi connectivity index (χ4v) is 4.03. The van der Waals surface area contributed by atoms with Crippen LogP contribution in [0.2, 0.25) is 0 Å². The van der Waals surface area contributed by atoms with Crippen molar-refractivity contribution in [1.82, 2.24) is 0 Å². The van der Waals surface area contributed by atoms with Crippen LogP contribution in [0.25, 0.3) is 0 Å². The number of anilines is 2. The summed E-state index contributed by atoms with van der Waals surface area (Å²) in [5.41, 5.74) is 0.357. The number of sulfonamides is 1. The first kappa shape index (κ1) is 16.7. The van der Waals surface area contributed by atoms with Crippen molar-refractivity contribution < 1.29 is 18.3 Å². The second kappa shape index (κ2) is 6.78. The van der Waals surface area contributed by atoms with Crippen LogP contribution in [-0.2, 0) is 10.0 Å². The van der Waals surface area contributed by atoms with Crippen molar-refractivity contribution in [3.63, 3.8) is 0 Å². The zero-order valence-electron chi connectivity index (χ0n) is 13.1. The lowest BCUT2D eigenvalue weighted by molar-refractivity contribution is 0.0698. The summed E-state index contributed by atoms with van der Waals surface area (Å²) >= 11 is 0. The monoisotopic (exact) mass is 353 g/mol. The number of aromatic carboxylic acids is 1. The molecule has 3 aromatic carbocycles. The average Bonchev–Trinajstić information content (AvgIpc) is 2.63. The van der Waals surface area contributed by atoms with Gasteiger partial charge >= 0.3 is 5.97 Å². The molecule has 25 heavy (non-hydrogen) atoms. The van der Waals surface area contributed by atoms with E-state index in [2.05, 4.69) is 0 Å². The fraction of sp³-hybridized carbons (Fsp3) is 0. The molecule has 5 nitrogen and oxygen atoms in total. The Kier molecular flexibility index (Phi) is 4.54. The van der Waals surface area contributed by atoms with Crippen molar-refractivity contribution in [2.75, 3.05) is 4.31 Å². The molecule has 0 aliphatic rings. The number of benzene rings is 3. The standard InChI is InChI=1S/C19H15NO4S/c21-19(22)17-13-7-8-14-18(17)20(15-9-3-1-4-10-15)25(23,24)16-11-5-2-6-12-16/h1-14H,(H,21,22). The third kappa shape index (κ3) is 3.25. The Morgan fingerprint density at radius 3 is 1.88 bits per heavy atom. The second-order valence-electron chi connectivity index (χ2n) is 5.24. The molecule has 0 amide bonds. The van der Waals surface area contributed by atoms with Crippen molar-refractivity contribution in [3.8, 4) is 0 Å². The summed E-state index contributed by atoms with van der Waals surface area (Å²) in [5.74, 6) is -1.19. The summed E-state index contributed by atoms with van der Waals surface area (Å²) in [7, 11) is -3.99. The van der Waals surface area contributed by atoms with Crippen molar-refractivity contribution in [2.24, 2.45) is 0 Å². The first-order valence-corrected chi connectivity index (χ1v) is 8.93. The highest BCUT2D eigenvalue weighted by Crippen LogP contribution is 2.34. The van der Waals surface area contributed by atoms with Crippen LogP contribution >= 0.6 is 0 Å². The van der Waals surface area contributed by atoms with E-state index in [0.717, 1.165) is 4.31 Å². The molecule has 0 spiro atoms. The van der Waals surface area contributed by atoms with Gasteiger partial charge in [0.15, 0.2) is 0 Å². The van der Waals surface area contributed by atoms with Gasteiger partial charge in [0.1, 0.15) is 0 Å². The van der Waals surface area contributed by atoms with Crippen molar-refractivity contribution in [3.05, 3.63) is 90.5 Å². The lowest BCUT2D eigenvalue weighted by Gasteiger charge is -2.26. The van der Waals surface area contributed by atoms with Gasteiger partial charge in [0.05, 0.1) is 21.8 Å². The van der Waals surface area contributed by atoms with E-state index in [1.165, 1.54) is 24.3 Å². The van der Waals surface area contributed by atoms with E-state index in [-0.39, 0.29) is 16.1 Å². The SMILES string of the molecule is O=C(O)c1ccccc1N(c1ccccc1)S(=O)(=O)c1ccccc1. The number of hydrogen-bond donors (Lipinski definition) is 1. The number of carboxylic acids is 1. The third-order valence-corrected chi connectivity index (χ3v) is 5.38. The number of nitrogens with zero attached hydrogens (tertiary/aromatic N) is 1. The van der Waals surface area contributed by atoms with Crippen LogP contribution in [0.3, 0.4) is 0 Å². The van der Waals surface area contributed by atoms with E-state index in [4.69, 9.17) is 0 Å². The van der Waals surface area contributed by atoms with Crippen LogP contribution in [0.15, 0.2) is 89.8 Å².